The molecule has 126 valence electrons. The molecule has 8 heteroatoms. The number of furan rings is 2. The van der Waals surface area contributed by atoms with Crippen LogP contribution in [0.5, 0.6) is 11.8 Å². The number of ether oxygens (including phenoxy) is 2. The van der Waals surface area contributed by atoms with Crippen molar-refractivity contribution in [1.29, 1.82) is 0 Å². The van der Waals surface area contributed by atoms with E-state index in [9.17, 15) is 0 Å². The van der Waals surface area contributed by atoms with Gasteiger partial charge in [0.2, 0.25) is 15.6 Å². The lowest BCUT2D eigenvalue weighted by molar-refractivity contribution is 0.238. The molecule has 0 unspecified atom stereocenters. The monoisotopic (exact) mass is 387 g/mol. The number of rotatable bonds is 6. The van der Waals surface area contributed by atoms with Gasteiger partial charge >= 0.3 is 0 Å². The molecule has 0 aliphatic rings. The van der Waals surface area contributed by atoms with E-state index in [1.165, 1.54) is 12.1 Å². The molecule has 0 aromatic carbocycles. The summed E-state index contributed by atoms with van der Waals surface area (Å²) in [6.45, 7) is 0.391. The first-order valence-corrected chi connectivity index (χ1v) is 8.04. The normalized spacial score (nSPS) is 11.5. The molecule has 0 aliphatic carbocycles. The molecule has 0 radical (unpaired) electrons. The zero-order valence-corrected chi connectivity index (χ0v) is 14.5. The second kappa shape index (κ2) is 7.38. The second-order valence-electron chi connectivity index (χ2n) is 4.77. The Morgan fingerprint density at radius 1 is 0.875 bits per heavy atom. The Labute approximate surface area is 153 Å². The van der Waals surface area contributed by atoms with Gasteiger partial charge in [-0.05, 0) is 24.3 Å². The van der Waals surface area contributed by atoms with Gasteiger partial charge in [-0.25, -0.2) is 0 Å². The van der Waals surface area contributed by atoms with Gasteiger partial charge in [-0.3, -0.25) is 0 Å². The first kappa shape index (κ1) is 17.0. The van der Waals surface area contributed by atoms with Gasteiger partial charge in [0.15, 0.2) is 0 Å². The molecule has 0 amide bonds. The number of pyridine rings is 1. The van der Waals surface area contributed by atoms with E-state index in [1.54, 1.807) is 36.8 Å². The summed E-state index contributed by atoms with van der Waals surface area (Å²) in [4.78, 5) is 4.24. The quantitative estimate of drug-likeness (QED) is 0.540. The van der Waals surface area contributed by atoms with Crippen LogP contribution in [-0.4, -0.2) is 4.98 Å². The van der Waals surface area contributed by atoms with Crippen molar-refractivity contribution in [2.75, 3.05) is 0 Å². The van der Waals surface area contributed by atoms with Crippen molar-refractivity contribution in [1.82, 2.24) is 4.98 Å². The van der Waals surface area contributed by atoms with Crippen LogP contribution in [0.15, 0.2) is 57.8 Å². The topological polar surface area (TPSA) is 57.6 Å². The van der Waals surface area contributed by atoms with E-state index in [0.717, 1.165) is 0 Å². The van der Waals surface area contributed by atoms with Crippen molar-refractivity contribution in [2.45, 2.75) is 17.0 Å². The lowest BCUT2D eigenvalue weighted by Gasteiger charge is -2.14. The van der Waals surface area contributed by atoms with Crippen molar-refractivity contribution in [3.8, 4) is 11.8 Å². The summed E-state index contributed by atoms with van der Waals surface area (Å²) < 4.78 is 19.9. The largest absolute Gasteiger partial charge is 0.469 e. The third kappa shape index (κ3) is 4.60. The molecule has 0 N–H and O–H groups in total. The second-order valence-corrected chi connectivity index (χ2v) is 7.05. The first-order chi connectivity index (χ1) is 11.5. The Balaban J connectivity index is 1.77. The minimum Gasteiger partial charge on any atom is -0.469 e. The summed E-state index contributed by atoms with van der Waals surface area (Å²) in [5, 5.41) is 0. The number of nitrogens with zero attached hydrogens (tertiary/aromatic N) is 1. The highest BCUT2D eigenvalue weighted by atomic mass is 35.6. The van der Waals surface area contributed by atoms with E-state index in [4.69, 9.17) is 53.1 Å². The predicted octanol–water partition coefficient (Wildman–Crippen LogP) is 5.25. The summed E-state index contributed by atoms with van der Waals surface area (Å²) in [6.07, 6.45) is 3.11. The molecule has 0 spiro atoms. The molecule has 3 rings (SSSR count). The summed E-state index contributed by atoms with van der Waals surface area (Å²) in [5.41, 5.74) is 0.381. The van der Waals surface area contributed by atoms with E-state index in [0.29, 0.717) is 17.1 Å². The van der Waals surface area contributed by atoms with Crippen molar-refractivity contribution in [3.63, 3.8) is 0 Å². The van der Waals surface area contributed by atoms with E-state index in [-0.39, 0.29) is 25.0 Å². The summed E-state index contributed by atoms with van der Waals surface area (Å²) >= 11 is 17.9. The van der Waals surface area contributed by atoms with Gasteiger partial charge in [-0.15, -0.1) is 0 Å². The van der Waals surface area contributed by atoms with E-state index in [2.05, 4.69) is 4.98 Å². The Bertz CT molecular complexity index is 711. The SMILES string of the molecule is ClC(Cl)(Cl)c1cc(OCc2ccco2)nc(OCc2ccco2)c1. The Morgan fingerprint density at radius 2 is 1.38 bits per heavy atom. The smallest absolute Gasteiger partial charge is 0.217 e. The molecule has 0 bridgehead atoms. The Morgan fingerprint density at radius 3 is 1.75 bits per heavy atom. The maximum atomic E-state index is 5.96. The maximum Gasteiger partial charge on any atom is 0.217 e. The van der Waals surface area contributed by atoms with Crippen LogP contribution in [0.25, 0.3) is 0 Å². The first-order valence-electron chi connectivity index (χ1n) is 6.90. The average molecular weight is 389 g/mol. The van der Waals surface area contributed by atoms with Gasteiger partial charge in [0.05, 0.1) is 12.5 Å². The van der Waals surface area contributed by atoms with Gasteiger partial charge in [-0.2, -0.15) is 4.98 Å². The highest BCUT2D eigenvalue weighted by Crippen LogP contribution is 2.40. The standard InChI is InChI=1S/C16H12Cl3NO4/c17-16(18,19)11-7-14(23-9-12-3-1-5-21-12)20-15(8-11)24-10-13-4-2-6-22-13/h1-8H,9-10H2. The van der Waals surface area contributed by atoms with E-state index >= 15 is 0 Å². The molecule has 0 aliphatic heterocycles. The molecule has 0 saturated carbocycles. The molecule has 0 saturated heterocycles. The van der Waals surface area contributed by atoms with Crippen molar-refractivity contribution >= 4 is 34.8 Å². The molecular formula is C16H12Cl3NO4. The van der Waals surface area contributed by atoms with Gasteiger partial charge in [0, 0.05) is 17.7 Å². The number of hydrogen-bond acceptors (Lipinski definition) is 5. The van der Waals surface area contributed by atoms with Crippen LogP contribution >= 0.6 is 34.8 Å². The molecule has 3 aromatic heterocycles. The Hall–Kier alpha value is -1.82. The maximum absolute atomic E-state index is 5.96. The zero-order valence-electron chi connectivity index (χ0n) is 12.2. The summed E-state index contributed by atoms with van der Waals surface area (Å²) in [6, 6.07) is 10.2. The van der Waals surface area contributed by atoms with Crippen molar-refractivity contribution < 1.29 is 18.3 Å². The van der Waals surface area contributed by atoms with Crippen LogP contribution in [0.3, 0.4) is 0 Å². The summed E-state index contributed by atoms with van der Waals surface area (Å²) in [7, 11) is 0. The Kier molecular flexibility index (Phi) is 5.23. The summed E-state index contributed by atoms with van der Waals surface area (Å²) in [5.74, 6) is 1.80. The van der Waals surface area contributed by atoms with Crippen LogP contribution in [0.4, 0.5) is 0 Å². The zero-order chi connectivity index (χ0) is 17.0. The number of aromatic nitrogens is 1. The fourth-order valence-electron chi connectivity index (χ4n) is 1.87. The molecular weight excluding hydrogens is 377 g/mol. The molecule has 3 aromatic rings. The minimum atomic E-state index is -1.63. The lowest BCUT2D eigenvalue weighted by atomic mass is 10.3. The molecule has 24 heavy (non-hydrogen) atoms. The molecule has 0 atom stereocenters. The predicted molar refractivity (Wildman–Crippen MR) is 89.6 cm³/mol. The highest BCUT2D eigenvalue weighted by molar-refractivity contribution is 6.66. The van der Waals surface area contributed by atoms with Crippen molar-refractivity contribution in [3.05, 3.63) is 66.0 Å². The average Bonchev–Trinajstić information content (AvgIpc) is 3.23. The number of halogens is 3. The van der Waals surface area contributed by atoms with Crippen LogP contribution in [-0.2, 0) is 17.0 Å². The van der Waals surface area contributed by atoms with Crippen LogP contribution in [0, 0.1) is 0 Å². The van der Waals surface area contributed by atoms with Gasteiger partial charge in [-0.1, -0.05) is 34.8 Å². The number of hydrogen-bond donors (Lipinski definition) is 0. The number of alkyl halides is 3. The van der Waals surface area contributed by atoms with Gasteiger partial charge < -0.3 is 18.3 Å². The van der Waals surface area contributed by atoms with Crippen LogP contribution in [0.2, 0.25) is 0 Å². The fourth-order valence-corrected chi connectivity index (χ4v) is 2.20. The molecule has 0 fully saturated rings. The lowest BCUT2D eigenvalue weighted by Crippen LogP contribution is -2.06. The fraction of sp³-hybridized carbons (Fsp3) is 0.188. The van der Waals surface area contributed by atoms with Gasteiger partial charge in [0.1, 0.15) is 24.7 Å². The van der Waals surface area contributed by atoms with E-state index in [1.807, 2.05) is 0 Å². The van der Waals surface area contributed by atoms with Crippen LogP contribution < -0.4 is 9.47 Å². The molecule has 3 heterocycles. The highest BCUT2D eigenvalue weighted by Gasteiger charge is 2.25. The van der Waals surface area contributed by atoms with Gasteiger partial charge in [0.25, 0.3) is 0 Å². The van der Waals surface area contributed by atoms with Crippen molar-refractivity contribution in [2.24, 2.45) is 0 Å². The van der Waals surface area contributed by atoms with Crippen LogP contribution in [0.1, 0.15) is 17.1 Å². The molecule has 5 nitrogen and oxygen atoms in total. The van der Waals surface area contributed by atoms with E-state index < -0.39 is 3.79 Å². The third-order valence-corrected chi connectivity index (χ3v) is 3.65. The minimum absolute atomic E-state index is 0.195. The third-order valence-electron chi connectivity index (χ3n) is 2.99.